The van der Waals surface area contributed by atoms with Crippen molar-refractivity contribution in [2.45, 2.75) is 51.2 Å². The molecule has 3 rings (SSSR count). The Bertz CT molecular complexity index is 922. The summed E-state index contributed by atoms with van der Waals surface area (Å²) in [4.78, 5) is 12.8. The Morgan fingerprint density at radius 2 is 2.10 bits per heavy atom. The first-order chi connectivity index (χ1) is 15.0. The van der Waals surface area contributed by atoms with E-state index in [1.165, 1.54) is 32.1 Å². The van der Waals surface area contributed by atoms with E-state index >= 15 is 0 Å². The first kappa shape index (κ1) is 22.9. The van der Waals surface area contributed by atoms with Crippen molar-refractivity contribution in [2.75, 3.05) is 25.6 Å². The SMILES string of the molecule is COC[C@H](C)Oc1cc(C#CCNC2CCCCC2)cc(C(=O)Nc2ccn(C)n2)c1. The highest BCUT2D eigenvalue weighted by atomic mass is 16.5. The van der Waals surface area contributed by atoms with Gasteiger partial charge in [0.25, 0.3) is 5.91 Å². The summed E-state index contributed by atoms with van der Waals surface area (Å²) in [6.45, 7) is 3.01. The van der Waals surface area contributed by atoms with E-state index in [2.05, 4.69) is 27.6 Å². The molecule has 166 valence electrons. The minimum absolute atomic E-state index is 0.145. The van der Waals surface area contributed by atoms with Gasteiger partial charge >= 0.3 is 0 Å². The van der Waals surface area contributed by atoms with Gasteiger partial charge in [-0.05, 0) is 38.0 Å². The molecule has 7 heteroatoms. The summed E-state index contributed by atoms with van der Waals surface area (Å²) in [7, 11) is 3.43. The topological polar surface area (TPSA) is 77.4 Å². The summed E-state index contributed by atoms with van der Waals surface area (Å²) in [5.41, 5.74) is 1.20. The summed E-state index contributed by atoms with van der Waals surface area (Å²) in [5.74, 6) is 7.18. The molecule has 1 heterocycles. The zero-order chi connectivity index (χ0) is 22.1. The number of aromatic nitrogens is 2. The molecule has 0 radical (unpaired) electrons. The minimum atomic E-state index is -0.257. The molecule has 1 aromatic carbocycles. The number of carbonyl (C=O) groups excluding carboxylic acids is 1. The van der Waals surface area contributed by atoms with Crippen molar-refractivity contribution < 1.29 is 14.3 Å². The maximum Gasteiger partial charge on any atom is 0.257 e. The Labute approximate surface area is 184 Å². The number of aryl methyl sites for hydroxylation is 1. The van der Waals surface area contributed by atoms with E-state index < -0.39 is 0 Å². The maximum absolute atomic E-state index is 12.8. The van der Waals surface area contributed by atoms with Gasteiger partial charge in [-0.3, -0.25) is 9.48 Å². The molecule has 1 atom stereocenters. The number of methoxy groups -OCH3 is 1. The fourth-order valence-electron chi connectivity index (χ4n) is 3.69. The molecule has 0 unspecified atom stereocenters. The third kappa shape index (κ3) is 7.42. The largest absolute Gasteiger partial charge is 0.488 e. The summed E-state index contributed by atoms with van der Waals surface area (Å²) < 4.78 is 12.7. The number of amides is 1. The van der Waals surface area contributed by atoms with Gasteiger partial charge in [-0.2, -0.15) is 5.10 Å². The van der Waals surface area contributed by atoms with Crippen LogP contribution in [0.1, 0.15) is 54.9 Å². The van der Waals surface area contributed by atoms with E-state index in [0.717, 1.165) is 5.56 Å². The van der Waals surface area contributed by atoms with Crippen LogP contribution in [0.3, 0.4) is 0 Å². The number of nitrogens with zero attached hydrogens (tertiary/aromatic N) is 2. The van der Waals surface area contributed by atoms with Crippen LogP contribution in [0.2, 0.25) is 0 Å². The molecule has 2 N–H and O–H groups in total. The standard InChI is InChI=1S/C24H32N4O3/c1-18(17-30-3)31-22-15-19(8-7-12-25-21-9-5-4-6-10-21)14-20(16-22)24(29)26-23-11-13-28(2)27-23/h11,13-16,18,21,25H,4-6,9-10,12,17H2,1-3H3,(H,26,27,29)/t18-/m0/s1. The van der Waals surface area contributed by atoms with Crippen molar-refractivity contribution in [3.8, 4) is 17.6 Å². The average molecular weight is 425 g/mol. The van der Waals surface area contributed by atoms with E-state index in [1.807, 2.05) is 13.0 Å². The van der Waals surface area contributed by atoms with Crippen molar-refractivity contribution >= 4 is 11.7 Å². The van der Waals surface area contributed by atoms with Crippen LogP contribution in [0.15, 0.2) is 30.5 Å². The Morgan fingerprint density at radius 3 is 2.81 bits per heavy atom. The number of hydrogen-bond acceptors (Lipinski definition) is 5. The lowest BCUT2D eigenvalue weighted by Crippen LogP contribution is -2.31. The highest BCUT2D eigenvalue weighted by molar-refractivity contribution is 6.04. The van der Waals surface area contributed by atoms with Crippen molar-refractivity contribution in [3.05, 3.63) is 41.6 Å². The van der Waals surface area contributed by atoms with Crippen LogP contribution >= 0.6 is 0 Å². The first-order valence-corrected chi connectivity index (χ1v) is 10.9. The molecular formula is C24H32N4O3. The average Bonchev–Trinajstić information content (AvgIpc) is 3.16. The zero-order valence-corrected chi connectivity index (χ0v) is 18.6. The molecular weight excluding hydrogens is 392 g/mol. The van der Waals surface area contributed by atoms with Gasteiger partial charge < -0.3 is 20.1 Å². The fourth-order valence-corrected chi connectivity index (χ4v) is 3.69. The normalized spacial score (nSPS) is 15.1. The number of benzene rings is 1. The van der Waals surface area contributed by atoms with Crippen molar-refractivity contribution in [2.24, 2.45) is 7.05 Å². The smallest absolute Gasteiger partial charge is 0.257 e. The van der Waals surface area contributed by atoms with E-state index in [9.17, 15) is 4.79 Å². The highest BCUT2D eigenvalue weighted by Crippen LogP contribution is 2.20. The van der Waals surface area contributed by atoms with Gasteiger partial charge in [-0.25, -0.2) is 0 Å². The Hall–Kier alpha value is -2.82. The predicted molar refractivity (Wildman–Crippen MR) is 121 cm³/mol. The van der Waals surface area contributed by atoms with Gasteiger partial charge in [-0.15, -0.1) is 0 Å². The molecule has 0 bridgehead atoms. The summed E-state index contributed by atoms with van der Waals surface area (Å²) >= 11 is 0. The second-order valence-electron chi connectivity index (χ2n) is 7.98. The summed E-state index contributed by atoms with van der Waals surface area (Å²) in [6.07, 6.45) is 7.99. The van der Waals surface area contributed by atoms with Gasteiger partial charge in [0.1, 0.15) is 11.9 Å². The lowest BCUT2D eigenvalue weighted by Gasteiger charge is -2.21. The van der Waals surface area contributed by atoms with Crippen LogP contribution in [0.4, 0.5) is 5.82 Å². The lowest BCUT2D eigenvalue weighted by molar-refractivity contribution is 0.0917. The Morgan fingerprint density at radius 1 is 1.29 bits per heavy atom. The van der Waals surface area contributed by atoms with Crippen LogP contribution in [0, 0.1) is 11.8 Å². The fraction of sp³-hybridized carbons (Fsp3) is 0.500. The van der Waals surface area contributed by atoms with Crippen LogP contribution in [0.5, 0.6) is 5.75 Å². The van der Waals surface area contributed by atoms with Crippen LogP contribution in [0.25, 0.3) is 0 Å². The predicted octanol–water partition coefficient (Wildman–Crippen LogP) is 3.36. The molecule has 7 nitrogen and oxygen atoms in total. The number of ether oxygens (including phenoxy) is 2. The number of carbonyl (C=O) groups is 1. The van der Waals surface area contributed by atoms with E-state index in [-0.39, 0.29) is 12.0 Å². The Kier molecular flexibility index (Phi) is 8.51. The molecule has 1 aromatic heterocycles. The van der Waals surface area contributed by atoms with Gasteiger partial charge in [0, 0.05) is 43.6 Å². The number of hydrogen-bond donors (Lipinski definition) is 2. The minimum Gasteiger partial charge on any atom is -0.488 e. The van der Waals surface area contributed by atoms with Crippen LogP contribution in [-0.4, -0.2) is 48.1 Å². The van der Waals surface area contributed by atoms with Crippen molar-refractivity contribution in [3.63, 3.8) is 0 Å². The second-order valence-corrected chi connectivity index (χ2v) is 7.98. The molecule has 1 amide bonds. The quantitative estimate of drug-likeness (QED) is 0.636. The monoisotopic (exact) mass is 424 g/mol. The molecule has 1 aliphatic carbocycles. The Balaban J connectivity index is 1.72. The molecule has 1 aliphatic rings. The third-order valence-electron chi connectivity index (χ3n) is 5.18. The van der Waals surface area contributed by atoms with E-state index in [0.29, 0.717) is 36.3 Å². The van der Waals surface area contributed by atoms with E-state index in [1.54, 1.807) is 43.2 Å². The first-order valence-electron chi connectivity index (χ1n) is 10.9. The van der Waals surface area contributed by atoms with E-state index in [4.69, 9.17) is 9.47 Å². The molecule has 1 fully saturated rings. The molecule has 31 heavy (non-hydrogen) atoms. The number of nitrogens with one attached hydrogen (secondary N) is 2. The highest BCUT2D eigenvalue weighted by Gasteiger charge is 2.13. The molecule has 0 aliphatic heterocycles. The van der Waals surface area contributed by atoms with Gasteiger partial charge in [0.2, 0.25) is 0 Å². The van der Waals surface area contributed by atoms with Crippen molar-refractivity contribution in [1.29, 1.82) is 0 Å². The third-order valence-corrected chi connectivity index (χ3v) is 5.18. The summed E-state index contributed by atoms with van der Waals surface area (Å²) in [5, 5.41) is 10.5. The molecule has 1 saturated carbocycles. The van der Waals surface area contributed by atoms with Gasteiger partial charge in [0.05, 0.1) is 13.2 Å². The molecule has 0 saturated heterocycles. The summed E-state index contributed by atoms with van der Waals surface area (Å²) in [6, 6.07) is 7.66. The van der Waals surface area contributed by atoms with Gasteiger partial charge in [-0.1, -0.05) is 31.1 Å². The molecule has 0 spiro atoms. The number of rotatable bonds is 8. The second kappa shape index (κ2) is 11.5. The van der Waals surface area contributed by atoms with Gasteiger partial charge in [0.15, 0.2) is 5.82 Å². The molecule has 2 aromatic rings. The maximum atomic E-state index is 12.8. The number of anilines is 1. The van der Waals surface area contributed by atoms with Crippen molar-refractivity contribution in [1.82, 2.24) is 15.1 Å². The lowest BCUT2D eigenvalue weighted by atomic mass is 9.95. The van der Waals surface area contributed by atoms with Crippen LogP contribution in [-0.2, 0) is 11.8 Å². The zero-order valence-electron chi connectivity index (χ0n) is 18.6. The van der Waals surface area contributed by atoms with Crippen LogP contribution < -0.4 is 15.4 Å².